The minimum Gasteiger partial charge on any atom is -0.508 e. The molecule has 1 aliphatic heterocycles. The second-order valence-electron chi connectivity index (χ2n) is 16.5. The number of ether oxygens (including phenoxy) is 1. The summed E-state index contributed by atoms with van der Waals surface area (Å²) in [5.41, 5.74) is 1.56. The Kier molecular flexibility index (Phi) is 20.3. The number of hydrogen-bond acceptors (Lipinski definition) is 12. The Hall–Kier alpha value is -7.25. The molecular formula is C46H61N7O13. The molecule has 20 nitrogen and oxygen atoms in total. The fourth-order valence-corrected chi connectivity index (χ4v) is 6.65. The van der Waals surface area contributed by atoms with Crippen LogP contribution in [-0.2, 0) is 60.7 Å². The number of amides is 7. The lowest BCUT2D eigenvalue weighted by molar-refractivity contribution is -0.156. The van der Waals surface area contributed by atoms with Gasteiger partial charge in [-0.3, -0.25) is 38.4 Å². The molecule has 1 fully saturated rings. The highest BCUT2D eigenvalue weighted by Gasteiger charge is 2.38. The zero-order chi connectivity index (χ0) is 49.2. The van der Waals surface area contributed by atoms with Gasteiger partial charge >= 0.3 is 11.9 Å². The Balaban J connectivity index is 2.07. The van der Waals surface area contributed by atoms with Crippen molar-refractivity contribution < 1.29 is 63.2 Å². The molecule has 1 aliphatic rings. The molecule has 2 aromatic rings. The first-order valence-corrected chi connectivity index (χ1v) is 21.5. The van der Waals surface area contributed by atoms with Crippen molar-refractivity contribution in [3.05, 3.63) is 83.1 Å². The summed E-state index contributed by atoms with van der Waals surface area (Å²) in [6.07, 6.45) is 0.354. The molecule has 7 atom stereocenters. The second-order valence-corrected chi connectivity index (χ2v) is 16.5. The van der Waals surface area contributed by atoms with Crippen LogP contribution in [0.15, 0.2) is 72.0 Å². The predicted molar refractivity (Wildman–Crippen MR) is 239 cm³/mol. The zero-order valence-electron chi connectivity index (χ0n) is 38.1. The summed E-state index contributed by atoms with van der Waals surface area (Å²) < 4.78 is 5.78. The van der Waals surface area contributed by atoms with Crippen molar-refractivity contribution in [1.29, 1.82) is 0 Å². The molecule has 1 saturated heterocycles. The Bertz CT molecular complexity index is 2150. The lowest BCUT2D eigenvalue weighted by Gasteiger charge is -2.30. The average molecular weight is 920 g/mol. The number of phenolic OH excluding ortho intramolecular Hbond substituents is 2. The molecule has 0 spiro atoms. The number of carbonyl (C=O) groups is 9. The van der Waals surface area contributed by atoms with Gasteiger partial charge in [0.25, 0.3) is 5.91 Å². The standard InChI is InChI=1S/C46H61N7O13/c1-8-32-41(60)49-33(20-21-37(57)58)42(61)50-34(11-9-10-28-12-16-30(54)17-13-28)46(65)66-27(7)39(45(64)47-26(6)40(59)48-32)53-43(62)35(23-29-14-18-31(55)19-15-29)51-44(63)38(25(4)5)52-36(56)22-24(2)3/h8,12-19,22,25-27,33-35,38-39,54-55H,9-11,20-21,23H2,1-7H3,(H,47,64)(H,48,59)(H,49,60)(H,50,61)(H,51,63)(H,52,56)(H,53,62)(H,57,58)/b32-8-/t26-,27+,33+,34-,35-,38-,39-/m0/s1. The maximum Gasteiger partial charge on any atom is 0.328 e. The molecular weight excluding hydrogens is 859 g/mol. The Morgan fingerprint density at radius 1 is 0.773 bits per heavy atom. The summed E-state index contributed by atoms with van der Waals surface area (Å²) in [5, 5.41) is 46.7. The molecule has 0 saturated carbocycles. The molecule has 2 aromatic carbocycles. The van der Waals surface area contributed by atoms with Crippen LogP contribution in [0.25, 0.3) is 0 Å². The summed E-state index contributed by atoms with van der Waals surface area (Å²) in [7, 11) is 0. The average Bonchev–Trinajstić information content (AvgIpc) is 3.24. The number of allylic oxidation sites excluding steroid dienone is 2. The SMILES string of the molecule is C/C=C1\NC(=O)[C@H](C)NC(=O)[C@@H](NC(=O)[C@H](Cc2ccc(O)cc2)NC(=O)[C@@H](NC(=O)C=C(C)C)C(C)C)[C@@H](C)OC(=O)[C@H](CCCc2ccc(O)cc2)NC(=O)[C@@H](CCC(=O)O)NC1=O. The van der Waals surface area contributed by atoms with Crippen molar-refractivity contribution in [1.82, 2.24) is 37.2 Å². The van der Waals surface area contributed by atoms with E-state index in [0.717, 1.165) is 5.56 Å². The monoisotopic (exact) mass is 919 g/mol. The highest BCUT2D eigenvalue weighted by atomic mass is 16.5. The van der Waals surface area contributed by atoms with E-state index in [1.165, 1.54) is 69.3 Å². The molecule has 0 bridgehead atoms. The highest BCUT2D eigenvalue weighted by molar-refractivity contribution is 6.02. The summed E-state index contributed by atoms with van der Waals surface area (Å²) >= 11 is 0. The Labute approximate surface area is 382 Å². The Morgan fingerprint density at radius 2 is 1.38 bits per heavy atom. The third-order valence-electron chi connectivity index (χ3n) is 10.3. The molecule has 20 heteroatoms. The number of nitrogens with one attached hydrogen (secondary N) is 7. The molecule has 358 valence electrons. The summed E-state index contributed by atoms with van der Waals surface area (Å²) in [6.45, 7) is 10.7. The molecule has 10 N–H and O–H groups in total. The van der Waals surface area contributed by atoms with Gasteiger partial charge in [0.05, 0.1) is 0 Å². The van der Waals surface area contributed by atoms with Crippen LogP contribution in [0.3, 0.4) is 0 Å². The van der Waals surface area contributed by atoms with Crippen molar-refractivity contribution in [3.8, 4) is 11.5 Å². The number of hydrogen-bond donors (Lipinski definition) is 10. The van der Waals surface area contributed by atoms with Crippen molar-refractivity contribution in [2.24, 2.45) is 5.92 Å². The topological polar surface area (TPSA) is 308 Å². The summed E-state index contributed by atoms with van der Waals surface area (Å²) in [6, 6.07) is 3.29. The minimum atomic E-state index is -1.77. The van der Waals surface area contributed by atoms with E-state index in [0.29, 0.717) is 17.6 Å². The number of aliphatic carboxylic acids is 1. The number of phenols is 2. The number of aromatic hydroxyl groups is 2. The first kappa shape index (κ1) is 53.1. The van der Waals surface area contributed by atoms with Gasteiger partial charge in [0.15, 0.2) is 0 Å². The molecule has 0 unspecified atom stereocenters. The van der Waals surface area contributed by atoms with Crippen LogP contribution in [-0.4, -0.2) is 111 Å². The largest absolute Gasteiger partial charge is 0.508 e. The van der Waals surface area contributed by atoms with Crippen LogP contribution in [0.4, 0.5) is 0 Å². The zero-order valence-corrected chi connectivity index (χ0v) is 38.1. The molecule has 0 aliphatic carbocycles. The first-order valence-electron chi connectivity index (χ1n) is 21.5. The van der Waals surface area contributed by atoms with E-state index in [4.69, 9.17) is 4.74 Å². The Morgan fingerprint density at radius 3 is 1.94 bits per heavy atom. The number of carboxylic acid groups (broad SMARTS) is 1. The number of esters is 1. The molecule has 1 heterocycles. The van der Waals surface area contributed by atoms with Gasteiger partial charge in [0.2, 0.25) is 35.4 Å². The quantitative estimate of drug-likeness (QED) is 0.0833. The van der Waals surface area contributed by atoms with Gasteiger partial charge in [-0.05, 0) is 102 Å². The van der Waals surface area contributed by atoms with Crippen molar-refractivity contribution in [2.45, 2.75) is 129 Å². The lowest BCUT2D eigenvalue weighted by atomic mass is 10.00. The number of cyclic esters (lactones) is 1. The van der Waals surface area contributed by atoms with Gasteiger partial charge in [-0.15, -0.1) is 0 Å². The van der Waals surface area contributed by atoms with E-state index in [9.17, 15) is 58.5 Å². The van der Waals surface area contributed by atoms with Crippen molar-refractivity contribution >= 4 is 53.3 Å². The van der Waals surface area contributed by atoms with Crippen LogP contribution in [0.1, 0.15) is 85.3 Å². The molecule has 3 rings (SSSR count). The van der Waals surface area contributed by atoms with Crippen molar-refractivity contribution in [3.63, 3.8) is 0 Å². The summed E-state index contributed by atoms with van der Waals surface area (Å²) in [4.78, 5) is 121. The fraction of sp³-hybridized carbons (Fsp3) is 0.457. The number of benzene rings is 2. The van der Waals surface area contributed by atoms with Gasteiger partial charge < -0.3 is 57.3 Å². The van der Waals surface area contributed by atoms with E-state index in [1.807, 2.05) is 0 Å². The van der Waals surface area contributed by atoms with Crippen molar-refractivity contribution in [2.75, 3.05) is 0 Å². The van der Waals surface area contributed by atoms with Crippen LogP contribution in [0.5, 0.6) is 11.5 Å². The van der Waals surface area contributed by atoms with Gasteiger partial charge in [-0.1, -0.05) is 49.8 Å². The van der Waals surface area contributed by atoms with Crippen LogP contribution < -0.4 is 37.2 Å². The smallest absolute Gasteiger partial charge is 0.328 e. The number of carbonyl (C=O) groups excluding carboxylic acids is 8. The first-order chi connectivity index (χ1) is 31.1. The minimum absolute atomic E-state index is 0.0359. The number of rotatable bonds is 16. The fourth-order valence-electron chi connectivity index (χ4n) is 6.65. The van der Waals surface area contributed by atoms with Crippen LogP contribution in [0.2, 0.25) is 0 Å². The third kappa shape index (κ3) is 17.0. The third-order valence-corrected chi connectivity index (χ3v) is 10.3. The lowest BCUT2D eigenvalue weighted by Crippen LogP contribution is -2.62. The molecule has 7 amide bonds. The van der Waals surface area contributed by atoms with E-state index < -0.39 is 114 Å². The van der Waals surface area contributed by atoms with E-state index >= 15 is 0 Å². The van der Waals surface area contributed by atoms with Gasteiger partial charge in [0, 0.05) is 18.9 Å². The molecule has 0 radical (unpaired) electrons. The van der Waals surface area contributed by atoms with Gasteiger partial charge in [-0.2, -0.15) is 0 Å². The maximum atomic E-state index is 14.4. The molecule has 66 heavy (non-hydrogen) atoms. The number of carboxylic acids is 1. The predicted octanol–water partition coefficient (Wildman–Crippen LogP) is 1.04. The van der Waals surface area contributed by atoms with Crippen LogP contribution >= 0.6 is 0 Å². The van der Waals surface area contributed by atoms with E-state index in [2.05, 4.69) is 37.2 Å². The van der Waals surface area contributed by atoms with E-state index in [1.54, 1.807) is 39.8 Å². The van der Waals surface area contributed by atoms with Crippen LogP contribution in [0, 0.1) is 5.92 Å². The van der Waals surface area contributed by atoms with Gasteiger partial charge in [0.1, 0.15) is 59.6 Å². The van der Waals surface area contributed by atoms with Gasteiger partial charge in [-0.25, -0.2) is 4.79 Å². The normalized spacial score (nSPS) is 21.2. The summed E-state index contributed by atoms with van der Waals surface area (Å²) in [5.74, 6) is -9.00. The number of aryl methyl sites for hydroxylation is 1. The maximum absolute atomic E-state index is 14.4. The second kappa shape index (κ2) is 25.3. The molecule has 0 aromatic heterocycles. The highest BCUT2D eigenvalue weighted by Crippen LogP contribution is 2.16. The van der Waals surface area contributed by atoms with E-state index in [-0.39, 0.29) is 36.5 Å².